The maximum absolute atomic E-state index is 10.8. The lowest BCUT2D eigenvalue weighted by Gasteiger charge is -2.37. The fraction of sp³-hybridized carbons (Fsp3) is 0.529. The zero-order valence-electron chi connectivity index (χ0n) is 13.7. The van der Waals surface area contributed by atoms with Gasteiger partial charge in [-0.3, -0.25) is 4.90 Å². The van der Waals surface area contributed by atoms with Gasteiger partial charge in [0, 0.05) is 13.1 Å². The number of aromatic nitrogens is 3. The van der Waals surface area contributed by atoms with E-state index in [0.717, 1.165) is 36.4 Å². The molecule has 0 aliphatic carbocycles. The van der Waals surface area contributed by atoms with Gasteiger partial charge in [0.15, 0.2) is 0 Å². The summed E-state index contributed by atoms with van der Waals surface area (Å²) in [6, 6.07) is 6.17. The lowest BCUT2D eigenvalue weighted by Crippen LogP contribution is -2.47. The monoisotopic (exact) mass is 316 g/mol. The van der Waals surface area contributed by atoms with Gasteiger partial charge in [0.2, 0.25) is 0 Å². The first-order valence-corrected chi connectivity index (χ1v) is 8.08. The fourth-order valence-electron chi connectivity index (χ4n) is 3.25. The van der Waals surface area contributed by atoms with E-state index in [9.17, 15) is 5.11 Å². The van der Waals surface area contributed by atoms with E-state index < -0.39 is 5.60 Å². The summed E-state index contributed by atoms with van der Waals surface area (Å²) in [6.07, 6.45) is 3.26. The molecule has 0 unspecified atom stereocenters. The topological polar surface area (TPSA) is 74.3 Å². The van der Waals surface area contributed by atoms with Crippen LogP contribution in [0.25, 0.3) is 0 Å². The molecule has 1 aromatic heterocycles. The van der Waals surface area contributed by atoms with Crippen molar-refractivity contribution in [2.45, 2.75) is 32.3 Å². The summed E-state index contributed by atoms with van der Waals surface area (Å²) in [5, 5.41) is 21.2. The maximum atomic E-state index is 10.8. The maximum Gasteiger partial charge on any atom is 0.125 e. The molecule has 2 aromatic rings. The number of likely N-dealkylation sites (tertiary alicyclic amines) is 1. The third kappa shape index (κ3) is 3.54. The Labute approximate surface area is 136 Å². The van der Waals surface area contributed by atoms with Crippen molar-refractivity contribution in [3.05, 3.63) is 41.2 Å². The number of ether oxygens (including phenoxy) is 1. The van der Waals surface area contributed by atoms with Crippen LogP contribution in [0.4, 0.5) is 0 Å². The molecule has 1 fully saturated rings. The lowest BCUT2D eigenvalue weighted by atomic mass is 9.90. The van der Waals surface area contributed by atoms with Crippen LogP contribution in [0.5, 0.6) is 5.75 Å². The Hall–Kier alpha value is -1.92. The van der Waals surface area contributed by atoms with E-state index in [1.54, 1.807) is 6.20 Å². The van der Waals surface area contributed by atoms with Crippen LogP contribution in [0.3, 0.4) is 0 Å². The van der Waals surface area contributed by atoms with Crippen LogP contribution in [-0.4, -0.2) is 51.7 Å². The number of hydrogen-bond donors (Lipinski definition) is 2. The normalized spacial score (nSPS) is 22.2. The quantitative estimate of drug-likeness (QED) is 0.879. The Morgan fingerprint density at radius 1 is 1.35 bits per heavy atom. The smallest absolute Gasteiger partial charge is 0.125 e. The van der Waals surface area contributed by atoms with Gasteiger partial charge in [-0.05, 0) is 44.4 Å². The third-order valence-corrected chi connectivity index (χ3v) is 4.50. The highest BCUT2D eigenvalue weighted by Crippen LogP contribution is 2.29. The van der Waals surface area contributed by atoms with Crippen LogP contribution in [0.1, 0.15) is 29.7 Å². The van der Waals surface area contributed by atoms with Gasteiger partial charge in [0.25, 0.3) is 0 Å². The highest BCUT2D eigenvalue weighted by molar-refractivity contribution is 5.39. The number of aromatic amines is 1. The minimum absolute atomic E-state index is 0.565. The molecule has 6 heteroatoms. The molecule has 0 saturated carbocycles. The van der Waals surface area contributed by atoms with Gasteiger partial charge in [-0.2, -0.15) is 15.4 Å². The van der Waals surface area contributed by atoms with Crippen LogP contribution in [0.15, 0.2) is 24.4 Å². The van der Waals surface area contributed by atoms with Gasteiger partial charge < -0.3 is 9.84 Å². The highest BCUT2D eigenvalue weighted by atomic mass is 16.5. The lowest BCUT2D eigenvalue weighted by molar-refractivity contribution is -0.0412. The standard InChI is InChI=1S/C17H24N4O2/c1-13-5-3-6-14(2)16(13)23-10-9-21-8-4-7-17(22,12-21)15-11-18-20-19-15/h3,5-6,11,22H,4,7-10,12H2,1-2H3,(H,18,19,20)/t17-/m0/s1. The molecule has 2 N–H and O–H groups in total. The summed E-state index contributed by atoms with van der Waals surface area (Å²) in [6.45, 7) is 7.06. The first kappa shape index (κ1) is 16.0. The number of piperidine rings is 1. The van der Waals surface area contributed by atoms with Crippen molar-refractivity contribution in [1.82, 2.24) is 20.3 Å². The second kappa shape index (κ2) is 6.68. The van der Waals surface area contributed by atoms with Crippen LogP contribution in [-0.2, 0) is 5.60 Å². The van der Waals surface area contributed by atoms with E-state index in [1.165, 1.54) is 0 Å². The van der Waals surface area contributed by atoms with E-state index in [-0.39, 0.29) is 0 Å². The number of para-hydroxylation sites is 1. The molecule has 1 aliphatic rings. The molecule has 2 heterocycles. The molecule has 1 saturated heterocycles. The van der Waals surface area contributed by atoms with Crippen molar-refractivity contribution in [1.29, 1.82) is 0 Å². The predicted octanol–water partition coefficient (Wildman–Crippen LogP) is 1.78. The molecule has 0 radical (unpaired) electrons. The third-order valence-electron chi connectivity index (χ3n) is 4.50. The van der Waals surface area contributed by atoms with Crippen LogP contribution in [0, 0.1) is 13.8 Å². The van der Waals surface area contributed by atoms with Crippen LogP contribution in [0.2, 0.25) is 0 Å². The summed E-state index contributed by atoms with van der Waals surface area (Å²) < 4.78 is 5.97. The van der Waals surface area contributed by atoms with Gasteiger partial charge in [-0.15, -0.1) is 0 Å². The van der Waals surface area contributed by atoms with Crippen molar-refractivity contribution in [3.63, 3.8) is 0 Å². The second-order valence-corrected chi connectivity index (χ2v) is 6.34. The van der Waals surface area contributed by atoms with Crippen LogP contribution < -0.4 is 4.74 Å². The first-order valence-electron chi connectivity index (χ1n) is 8.08. The van der Waals surface area contributed by atoms with Crippen LogP contribution >= 0.6 is 0 Å². The van der Waals surface area contributed by atoms with E-state index in [2.05, 4.69) is 46.3 Å². The molecular weight excluding hydrogens is 292 g/mol. The van der Waals surface area contributed by atoms with E-state index in [4.69, 9.17) is 4.74 Å². The summed E-state index contributed by atoms with van der Waals surface area (Å²) in [7, 11) is 0. The first-order chi connectivity index (χ1) is 11.1. The number of β-amino-alcohol motifs (C(OH)–C–C–N with tert-alkyl or cyclic N) is 1. The van der Waals surface area contributed by atoms with Gasteiger partial charge in [-0.25, -0.2) is 0 Å². The number of nitrogens with zero attached hydrogens (tertiary/aromatic N) is 3. The minimum atomic E-state index is -0.913. The summed E-state index contributed by atoms with van der Waals surface area (Å²) in [5.74, 6) is 0.969. The Kier molecular flexibility index (Phi) is 4.63. The zero-order chi connectivity index (χ0) is 16.3. The number of nitrogens with one attached hydrogen (secondary N) is 1. The largest absolute Gasteiger partial charge is 0.492 e. The Morgan fingerprint density at radius 3 is 2.83 bits per heavy atom. The Balaban J connectivity index is 1.57. The summed E-state index contributed by atoms with van der Waals surface area (Å²) in [4.78, 5) is 2.23. The average molecular weight is 316 g/mol. The highest BCUT2D eigenvalue weighted by Gasteiger charge is 2.36. The molecule has 124 valence electrons. The molecule has 0 amide bonds. The van der Waals surface area contributed by atoms with Crippen molar-refractivity contribution < 1.29 is 9.84 Å². The summed E-state index contributed by atoms with van der Waals surface area (Å²) >= 11 is 0. The zero-order valence-corrected chi connectivity index (χ0v) is 13.7. The van der Waals surface area contributed by atoms with E-state index in [0.29, 0.717) is 25.3 Å². The number of aliphatic hydroxyl groups is 1. The summed E-state index contributed by atoms with van der Waals surface area (Å²) in [5.41, 5.74) is 2.02. The van der Waals surface area contributed by atoms with Gasteiger partial charge >= 0.3 is 0 Å². The number of H-pyrrole nitrogens is 1. The van der Waals surface area contributed by atoms with Gasteiger partial charge in [0.1, 0.15) is 23.7 Å². The molecule has 6 nitrogen and oxygen atoms in total. The average Bonchev–Trinajstić information content (AvgIpc) is 3.06. The molecule has 3 rings (SSSR count). The van der Waals surface area contributed by atoms with E-state index >= 15 is 0 Å². The van der Waals surface area contributed by atoms with Gasteiger partial charge in [0.05, 0.1) is 6.20 Å². The van der Waals surface area contributed by atoms with Crippen molar-refractivity contribution >= 4 is 0 Å². The molecule has 1 aliphatic heterocycles. The van der Waals surface area contributed by atoms with E-state index in [1.807, 2.05) is 6.07 Å². The SMILES string of the molecule is Cc1cccc(C)c1OCCN1CCC[C@@](O)(c2cn[nH]n2)C1. The molecular formula is C17H24N4O2. The Bertz CT molecular complexity index is 624. The number of benzene rings is 1. The van der Waals surface area contributed by atoms with Gasteiger partial charge in [-0.1, -0.05) is 18.2 Å². The number of hydrogen-bond acceptors (Lipinski definition) is 5. The Morgan fingerprint density at radius 2 is 2.13 bits per heavy atom. The number of rotatable bonds is 5. The molecule has 1 aromatic carbocycles. The molecule has 23 heavy (non-hydrogen) atoms. The van der Waals surface area contributed by atoms with Crippen molar-refractivity contribution in [2.24, 2.45) is 0 Å². The second-order valence-electron chi connectivity index (χ2n) is 6.34. The molecule has 0 spiro atoms. The fourth-order valence-corrected chi connectivity index (χ4v) is 3.25. The van der Waals surface area contributed by atoms with Crippen molar-refractivity contribution in [3.8, 4) is 5.75 Å². The predicted molar refractivity (Wildman–Crippen MR) is 87.4 cm³/mol. The molecule has 1 atom stereocenters. The minimum Gasteiger partial charge on any atom is -0.492 e. The molecule has 0 bridgehead atoms. The van der Waals surface area contributed by atoms with Crippen molar-refractivity contribution in [2.75, 3.05) is 26.2 Å². The number of aryl methyl sites for hydroxylation is 2.